The van der Waals surface area contributed by atoms with Crippen molar-refractivity contribution in [3.05, 3.63) is 30.3 Å². The molecule has 1 aliphatic rings. The van der Waals surface area contributed by atoms with Crippen LogP contribution in [-0.4, -0.2) is 47.0 Å². The summed E-state index contributed by atoms with van der Waals surface area (Å²) < 4.78 is 12.9. The topological polar surface area (TPSA) is 47.6 Å². The van der Waals surface area contributed by atoms with Gasteiger partial charge in [-0.2, -0.15) is 0 Å². The molecule has 1 aliphatic heterocycles. The van der Waals surface area contributed by atoms with E-state index in [1.165, 1.54) is 4.90 Å². The molecule has 0 aliphatic carbocycles. The van der Waals surface area contributed by atoms with Gasteiger partial charge in [0.25, 0.3) is 0 Å². The highest BCUT2D eigenvalue weighted by molar-refractivity contribution is 7.99. The van der Waals surface area contributed by atoms with Crippen molar-refractivity contribution in [2.24, 2.45) is 11.8 Å². The molecule has 1 heterocycles. The predicted molar refractivity (Wildman–Crippen MR) is 138 cm³/mol. The average Bonchev–Trinajstić information content (AvgIpc) is 2.61. The number of nitrogens with one attached hydrogen (secondary N) is 1. The van der Waals surface area contributed by atoms with Crippen molar-refractivity contribution in [1.82, 2.24) is 5.32 Å². The summed E-state index contributed by atoms with van der Waals surface area (Å²) in [5.41, 5.74) is 0. The number of amides is 1. The van der Waals surface area contributed by atoms with Crippen LogP contribution in [0.2, 0.25) is 37.8 Å². The molecule has 0 saturated carbocycles. The lowest BCUT2D eigenvalue weighted by atomic mass is 9.77. The van der Waals surface area contributed by atoms with E-state index in [9.17, 15) is 4.79 Å². The van der Waals surface area contributed by atoms with Gasteiger partial charge in [-0.25, -0.2) is 0 Å². The first-order chi connectivity index (χ1) is 14.2. The SMILES string of the molecule is C[C@@H](O[Si](C)(C)C(C)(C)C)[C@H]1C(=O)N[C@@H]1[C@H](CCSc1ccccc1)CO[Si](C)(C)C. The van der Waals surface area contributed by atoms with Crippen LogP contribution in [-0.2, 0) is 13.6 Å². The summed E-state index contributed by atoms with van der Waals surface area (Å²) in [6.45, 7) is 20.7. The molecular weight excluding hydrogens is 439 g/mol. The molecule has 0 spiro atoms. The van der Waals surface area contributed by atoms with E-state index in [1.54, 1.807) is 0 Å². The van der Waals surface area contributed by atoms with E-state index >= 15 is 0 Å². The molecule has 1 amide bonds. The first-order valence-corrected chi connectivity index (χ1v) is 18.8. The van der Waals surface area contributed by atoms with Gasteiger partial charge < -0.3 is 14.2 Å². The monoisotopic (exact) mass is 481 g/mol. The van der Waals surface area contributed by atoms with Crippen LogP contribution in [0.3, 0.4) is 0 Å². The van der Waals surface area contributed by atoms with E-state index in [-0.39, 0.29) is 29.0 Å². The summed E-state index contributed by atoms with van der Waals surface area (Å²) in [5, 5.41) is 3.33. The Labute approximate surface area is 196 Å². The molecule has 2 rings (SSSR count). The molecule has 7 heteroatoms. The molecule has 0 aromatic heterocycles. The number of carbonyl (C=O) groups excluding carboxylic acids is 1. The Kier molecular flexibility index (Phi) is 9.07. The standard InChI is InChI=1S/C24H43NO3SSi2/c1-18(28-31(8,9)24(2,3)4)21-22(25-23(21)26)19(17-27-30(5,6)7)15-16-29-20-13-11-10-12-14-20/h10-14,18-19,21-22H,15-17H2,1-9H3,(H,25,26)/t18-,19-,21-,22-/m1/s1. The van der Waals surface area contributed by atoms with Crippen LogP contribution in [0.4, 0.5) is 0 Å². The zero-order valence-electron chi connectivity index (χ0n) is 21.0. The van der Waals surface area contributed by atoms with Crippen LogP contribution in [0, 0.1) is 11.8 Å². The highest BCUT2D eigenvalue weighted by Crippen LogP contribution is 2.40. The van der Waals surface area contributed by atoms with Gasteiger partial charge in [0, 0.05) is 23.5 Å². The highest BCUT2D eigenvalue weighted by atomic mass is 32.2. The van der Waals surface area contributed by atoms with Gasteiger partial charge in [0.1, 0.15) is 0 Å². The lowest BCUT2D eigenvalue weighted by Crippen LogP contribution is -2.67. The van der Waals surface area contributed by atoms with E-state index in [2.05, 4.69) is 90.0 Å². The molecule has 176 valence electrons. The molecular formula is C24H43NO3SSi2. The van der Waals surface area contributed by atoms with Gasteiger partial charge in [0.2, 0.25) is 5.91 Å². The molecule has 1 N–H and O–H groups in total. The highest BCUT2D eigenvalue weighted by Gasteiger charge is 2.49. The maximum atomic E-state index is 12.6. The number of rotatable bonds is 11. The zero-order valence-corrected chi connectivity index (χ0v) is 23.8. The summed E-state index contributed by atoms with van der Waals surface area (Å²) in [5.74, 6) is 1.35. The Morgan fingerprint density at radius 2 is 1.71 bits per heavy atom. The third kappa shape index (κ3) is 7.74. The molecule has 0 bridgehead atoms. The number of hydrogen-bond acceptors (Lipinski definition) is 4. The fraction of sp³-hybridized carbons (Fsp3) is 0.708. The maximum Gasteiger partial charge on any atom is 0.228 e. The van der Waals surface area contributed by atoms with Crippen molar-refractivity contribution < 1.29 is 13.6 Å². The number of benzene rings is 1. The molecule has 1 aromatic rings. The minimum Gasteiger partial charge on any atom is -0.417 e. The second-order valence-corrected chi connectivity index (χ2v) is 21.7. The van der Waals surface area contributed by atoms with Gasteiger partial charge in [0.05, 0.1) is 12.0 Å². The average molecular weight is 482 g/mol. The second-order valence-electron chi connectivity index (χ2n) is 11.3. The minimum atomic E-state index is -1.93. The van der Waals surface area contributed by atoms with Crippen molar-refractivity contribution in [2.45, 2.75) is 88.9 Å². The van der Waals surface area contributed by atoms with Crippen LogP contribution >= 0.6 is 11.8 Å². The minimum absolute atomic E-state index is 0.0733. The molecule has 4 atom stereocenters. The number of β-lactam (4-membered cyclic amide) rings is 1. The quantitative estimate of drug-likeness (QED) is 0.233. The molecule has 1 saturated heterocycles. The van der Waals surface area contributed by atoms with Crippen LogP contribution in [0.5, 0.6) is 0 Å². The van der Waals surface area contributed by atoms with Gasteiger partial charge in [-0.1, -0.05) is 39.0 Å². The molecule has 31 heavy (non-hydrogen) atoms. The molecule has 4 nitrogen and oxygen atoms in total. The van der Waals surface area contributed by atoms with Crippen molar-refractivity contribution in [3.63, 3.8) is 0 Å². The third-order valence-electron chi connectivity index (χ3n) is 6.53. The summed E-state index contributed by atoms with van der Waals surface area (Å²) in [6, 6.07) is 10.6. The van der Waals surface area contributed by atoms with E-state index in [4.69, 9.17) is 8.85 Å². The van der Waals surface area contributed by atoms with Crippen LogP contribution in [0.1, 0.15) is 34.1 Å². The summed E-state index contributed by atoms with van der Waals surface area (Å²) in [4.78, 5) is 13.9. The lowest BCUT2D eigenvalue weighted by molar-refractivity contribution is -0.142. The first-order valence-electron chi connectivity index (χ1n) is 11.5. The molecule has 0 radical (unpaired) electrons. The van der Waals surface area contributed by atoms with Crippen LogP contribution in [0.15, 0.2) is 35.2 Å². The van der Waals surface area contributed by atoms with Crippen molar-refractivity contribution >= 4 is 34.3 Å². The van der Waals surface area contributed by atoms with E-state index in [0.29, 0.717) is 12.5 Å². The summed E-state index contributed by atoms with van der Waals surface area (Å²) in [6.07, 6.45) is 0.939. The smallest absolute Gasteiger partial charge is 0.228 e. The Hall–Kier alpha value is -0.606. The van der Waals surface area contributed by atoms with E-state index in [0.717, 1.165) is 12.2 Å². The van der Waals surface area contributed by atoms with Gasteiger partial charge in [-0.15, -0.1) is 11.8 Å². The van der Waals surface area contributed by atoms with Gasteiger partial charge in [-0.3, -0.25) is 4.79 Å². The van der Waals surface area contributed by atoms with Crippen molar-refractivity contribution in [3.8, 4) is 0 Å². The number of hydrogen-bond donors (Lipinski definition) is 1. The first kappa shape index (κ1) is 26.6. The number of carbonyl (C=O) groups is 1. The third-order valence-corrected chi connectivity index (χ3v) is 13.2. The van der Waals surface area contributed by atoms with Crippen LogP contribution < -0.4 is 5.32 Å². The Balaban J connectivity index is 2.07. The summed E-state index contributed by atoms with van der Waals surface area (Å²) >= 11 is 1.88. The fourth-order valence-corrected chi connectivity index (χ4v) is 6.77. The van der Waals surface area contributed by atoms with Gasteiger partial charge in [0.15, 0.2) is 16.6 Å². The van der Waals surface area contributed by atoms with Crippen molar-refractivity contribution in [2.75, 3.05) is 12.4 Å². The molecule has 1 fully saturated rings. The second kappa shape index (κ2) is 10.6. The predicted octanol–water partition coefficient (Wildman–Crippen LogP) is 6.16. The van der Waals surface area contributed by atoms with Crippen LogP contribution in [0.25, 0.3) is 0 Å². The van der Waals surface area contributed by atoms with Gasteiger partial charge in [-0.05, 0) is 69.0 Å². The Morgan fingerprint density at radius 1 is 1.10 bits per heavy atom. The zero-order chi connectivity index (χ0) is 23.4. The number of thioether (sulfide) groups is 1. The summed E-state index contributed by atoms with van der Waals surface area (Å²) in [7, 11) is -3.56. The van der Waals surface area contributed by atoms with E-state index in [1.807, 2.05) is 17.8 Å². The Bertz CT molecular complexity index is 716. The Morgan fingerprint density at radius 3 is 2.23 bits per heavy atom. The van der Waals surface area contributed by atoms with Crippen molar-refractivity contribution in [1.29, 1.82) is 0 Å². The maximum absolute atomic E-state index is 12.6. The lowest BCUT2D eigenvalue weighted by Gasteiger charge is -2.48. The molecule has 1 aromatic carbocycles. The van der Waals surface area contributed by atoms with Gasteiger partial charge >= 0.3 is 0 Å². The normalized spacial score (nSPS) is 21.9. The fourth-order valence-electron chi connectivity index (χ4n) is 3.62. The van der Waals surface area contributed by atoms with E-state index < -0.39 is 16.6 Å². The molecule has 0 unspecified atom stereocenters. The largest absolute Gasteiger partial charge is 0.417 e.